The third kappa shape index (κ3) is 10.3. The van der Waals surface area contributed by atoms with Crippen LogP contribution in [-0.4, -0.2) is 97.8 Å². The molecule has 3 fully saturated rings. The van der Waals surface area contributed by atoms with Gasteiger partial charge in [0, 0.05) is 52.0 Å². The van der Waals surface area contributed by atoms with E-state index < -0.39 is 41.4 Å². The fraction of sp³-hybridized carbons (Fsp3) is 0.521. The van der Waals surface area contributed by atoms with Crippen molar-refractivity contribution in [2.24, 2.45) is 28.6 Å². The van der Waals surface area contributed by atoms with Gasteiger partial charge in [0.15, 0.2) is 11.6 Å². The monoisotopic (exact) mass is 859 g/mol. The Bertz CT molecular complexity index is 2140. The number of nitrogens with zero attached hydrogens (tertiary/aromatic N) is 2. The average molecular weight is 860 g/mol. The average Bonchev–Trinajstić information content (AvgIpc) is 3.49. The second-order valence-corrected chi connectivity index (χ2v) is 17.8. The van der Waals surface area contributed by atoms with E-state index in [0.717, 1.165) is 66.0 Å². The molecule has 1 aromatic heterocycles. The number of ketones is 2. The van der Waals surface area contributed by atoms with Crippen molar-refractivity contribution in [1.29, 1.82) is 0 Å². The van der Waals surface area contributed by atoms with Crippen LogP contribution in [0.2, 0.25) is 5.02 Å². The summed E-state index contributed by atoms with van der Waals surface area (Å²) in [7, 11) is 0. The molecule has 0 radical (unpaired) electrons. The van der Waals surface area contributed by atoms with E-state index in [0.29, 0.717) is 18.9 Å². The zero-order valence-corrected chi connectivity index (χ0v) is 37.0. The first-order chi connectivity index (χ1) is 28.9. The number of aliphatic hydroxyl groups excluding tert-OH is 2. The highest BCUT2D eigenvalue weighted by Crippen LogP contribution is 2.67. The smallest absolute Gasteiger partial charge is 0.339 e. The predicted molar refractivity (Wildman–Crippen MR) is 237 cm³/mol. The zero-order valence-electron chi connectivity index (χ0n) is 36.2. The topological polar surface area (TPSA) is 187 Å². The molecule has 0 amide bonds. The number of ether oxygens (including phenoxy) is 1. The number of fused-ring (bicyclic) bond motifs is 6. The Morgan fingerprint density at radius 3 is 2.48 bits per heavy atom. The molecule has 8 atom stereocenters. The maximum Gasteiger partial charge on any atom is 0.339 e. The number of benzene rings is 2. The van der Waals surface area contributed by atoms with Crippen LogP contribution in [-0.2, 0) is 14.4 Å². The molecule has 2 aromatic carbocycles. The van der Waals surface area contributed by atoms with Gasteiger partial charge in [-0.15, -0.1) is 0 Å². The molecule has 13 heteroatoms. The summed E-state index contributed by atoms with van der Waals surface area (Å²) in [6, 6.07) is 14.3. The quantitative estimate of drug-likeness (QED) is 0.0885. The summed E-state index contributed by atoms with van der Waals surface area (Å²) in [6.07, 6.45) is 11.9. The number of carboxylic acid groups (broad SMARTS) is 1. The van der Waals surface area contributed by atoms with Crippen LogP contribution in [0.4, 0.5) is 5.69 Å². The summed E-state index contributed by atoms with van der Waals surface area (Å²) in [6.45, 7) is 14.7. The van der Waals surface area contributed by atoms with E-state index in [2.05, 4.69) is 47.6 Å². The van der Waals surface area contributed by atoms with E-state index >= 15 is 0 Å². The normalized spacial score (nSPS) is 27.9. The molecule has 61 heavy (non-hydrogen) atoms. The number of anilines is 1. The SMILES string of the molecule is CC(=O)Oc1ccccc1C(=O)O.CCN(CC)CCCC(C)Nc1ccnc2cc(Cl)ccc12.C[C@]12C=CC(=O)C=C1CC[C@@H]1C2[C@@H](O)C[C@@]2(C)[C@@H]1CC[C@]2(O)C(=O)CO. The number of carbonyl (C=O) groups is 4. The van der Waals surface area contributed by atoms with E-state index in [1.54, 1.807) is 24.3 Å². The van der Waals surface area contributed by atoms with Crippen LogP contribution < -0.4 is 10.1 Å². The summed E-state index contributed by atoms with van der Waals surface area (Å²) in [5, 5.41) is 45.8. The molecule has 4 aliphatic carbocycles. The highest BCUT2D eigenvalue weighted by molar-refractivity contribution is 6.31. The van der Waals surface area contributed by atoms with Crippen LogP contribution >= 0.6 is 11.6 Å². The number of rotatable bonds is 12. The number of pyridine rings is 1. The molecular formula is C48H62ClN3O9. The van der Waals surface area contributed by atoms with Gasteiger partial charge in [0.05, 0.1) is 11.6 Å². The second kappa shape index (κ2) is 20.2. The van der Waals surface area contributed by atoms with Crippen LogP contribution in [0, 0.1) is 28.6 Å². The fourth-order valence-electron chi connectivity index (χ4n) is 10.6. The minimum atomic E-state index is -1.56. The Morgan fingerprint density at radius 1 is 1.08 bits per heavy atom. The lowest BCUT2D eigenvalue weighted by Crippen LogP contribution is -2.61. The number of esters is 1. The Morgan fingerprint density at radius 2 is 1.80 bits per heavy atom. The number of carboxylic acids is 1. The van der Waals surface area contributed by atoms with Crippen molar-refractivity contribution in [3.8, 4) is 5.75 Å². The van der Waals surface area contributed by atoms with Gasteiger partial charge in [-0.2, -0.15) is 0 Å². The third-order valence-electron chi connectivity index (χ3n) is 13.7. The summed E-state index contributed by atoms with van der Waals surface area (Å²) in [4.78, 5) is 52.2. The van der Waals surface area contributed by atoms with Gasteiger partial charge in [-0.1, -0.05) is 63.1 Å². The highest BCUT2D eigenvalue weighted by atomic mass is 35.5. The third-order valence-corrected chi connectivity index (χ3v) is 14.0. The number of hydrogen-bond acceptors (Lipinski definition) is 11. The number of allylic oxidation sites excluding steroid dienone is 4. The summed E-state index contributed by atoms with van der Waals surface area (Å²) in [5.41, 5.74) is 0.516. The summed E-state index contributed by atoms with van der Waals surface area (Å²) < 4.78 is 4.69. The number of hydrogen-bond donors (Lipinski definition) is 5. The summed E-state index contributed by atoms with van der Waals surface area (Å²) in [5.74, 6) is -1.80. The van der Waals surface area contributed by atoms with Gasteiger partial charge in [0.1, 0.15) is 23.5 Å². The standard InChI is InChI=1S/C21H28O5.C18H26ClN3.C9H8O4/c1-19-7-5-13(23)9-12(19)3-4-14-15-6-8-21(26,17(25)11-22)20(15,2)10-16(24)18(14)19;1-4-22(5-2)12-6-7-14(3)21-17-10-11-20-18-13-15(19)8-9-16(17)18;1-6(10)13-8-5-3-2-4-7(8)9(11)12/h5,7,9,14-16,18,22,24,26H,3-4,6,8,10-11H2,1-2H3;8-11,13-14H,4-7,12H2,1-3H3,(H,20,21);2-5H,1H3,(H,11,12)/t14-,15+,16-,18?,19-,20-,21-;;/m0../s1. The molecule has 0 saturated heterocycles. The van der Waals surface area contributed by atoms with E-state index in [-0.39, 0.29) is 40.3 Å². The minimum Gasteiger partial charge on any atom is -0.478 e. The van der Waals surface area contributed by atoms with Crippen molar-refractivity contribution in [2.45, 2.75) is 104 Å². The molecule has 3 saturated carbocycles. The Labute approximate surface area is 364 Å². The van der Waals surface area contributed by atoms with Crippen LogP contribution in [0.3, 0.4) is 0 Å². The number of aromatic carboxylic acids is 1. The van der Waals surface area contributed by atoms with E-state index in [4.69, 9.17) is 16.7 Å². The van der Waals surface area contributed by atoms with Crippen LogP contribution in [0.25, 0.3) is 10.9 Å². The van der Waals surface area contributed by atoms with Gasteiger partial charge < -0.3 is 35.4 Å². The molecule has 0 bridgehead atoms. The largest absolute Gasteiger partial charge is 0.478 e. The second-order valence-electron chi connectivity index (χ2n) is 17.3. The van der Waals surface area contributed by atoms with Gasteiger partial charge in [0.2, 0.25) is 0 Å². The van der Waals surface area contributed by atoms with Gasteiger partial charge in [-0.25, -0.2) is 4.79 Å². The van der Waals surface area contributed by atoms with E-state index in [1.165, 1.54) is 32.0 Å². The number of Topliss-reactive ketones (excluding diaryl/α,β-unsaturated/α-hetero) is 1. The van der Waals surface area contributed by atoms with Crippen LogP contribution in [0.15, 0.2) is 78.5 Å². The van der Waals surface area contributed by atoms with Crippen molar-refractivity contribution in [1.82, 2.24) is 9.88 Å². The number of nitrogens with one attached hydrogen (secondary N) is 1. The first-order valence-corrected chi connectivity index (χ1v) is 21.8. The molecule has 0 aliphatic heterocycles. The minimum absolute atomic E-state index is 0.00912. The maximum atomic E-state index is 12.4. The molecule has 5 N–H and O–H groups in total. The van der Waals surface area contributed by atoms with Crippen molar-refractivity contribution in [2.75, 3.05) is 31.6 Å². The maximum absolute atomic E-state index is 12.4. The highest BCUT2D eigenvalue weighted by Gasteiger charge is 2.68. The number of aliphatic hydroxyl groups is 3. The number of para-hydroxylation sites is 1. The lowest BCUT2D eigenvalue weighted by molar-refractivity contribution is -0.178. The summed E-state index contributed by atoms with van der Waals surface area (Å²) >= 11 is 6.04. The first-order valence-electron chi connectivity index (χ1n) is 21.4. The number of aromatic nitrogens is 1. The Balaban J connectivity index is 0.000000183. The van der Waals surface area contributed by atoms with Crippen LogP contribution in [0.5, 0.6) is 5.75 Å². The molecule has 2 unspecified atom stereocenters. The van der Waals surface area contributed by atoms with Gasteiger partial charge in [-0.05, 0) is 132 Å². The van der Waals surface area contributed by atoms with Gasteiger partial charge >= 0.3 is 11.9 Å². The first kappa shape index (κ1) is 47.6. The molecule has 4 aliphatic rings. The van der Waals surface area contributed by atoms with Gasteiger partial charge in [-0.3, -0.25) is 19.4 Å². The molecule has 0 spiro atoms. The number of carbonyl (C=O) groups excluding carboxylic acids is 3. The van der Waals surface area contributed by atoms with Crippen molar-refractivity contribution < 1.29 is 44.3 Å². The lowest BCUT2D eigenvalue weighted by Gasteiger charge is -2.59. The Hall–Kier alpha value is -4.46. The number of halogens is 1. The van der Waals surface area contributed by atoms with Gasteiger partial charge in [0.25, 0.3) is 0 Å². The Kier molecular flexibility index (Phi) is 15.7. The van der Waals surface area contributed by atoms with E-state index in [9.17, 15) is 34.5 Å². The molecule has 7 rings (SSSR count). The predicted octanol–water partition coefficient (Wildman–Crippen LogP) is 7.68. The molecule has 1 heterocycles. The molecule has 12 nitrogen and oxygen atoms in total. The fourth-order valence-corrected chi connectivity index (χ4v) is 10.7. The van der Waals surface area contributed by atoms with Crippen molar-refractivity contribution in [3.63, 3.8) is 0 Å². The molecular weight excluding hydrogens is 798 g/mol. The van der Waals surface area contributed by atoms with E-state index in [1.807, 2.05) is 43.5 Å². The molecule has 330 valence electrons. The van der Waals surface area contributed by atoms with Crippen LogP contribution in [0.1, 0.15) is 96.8 Å². The van der Waals surface area contributed by atoms with Crippen molar-refractivity contribution >= 4 is 51.7 Å². The lowest BCUT2D eigenvalue weighted by atomic mass is 9.46. The van der Waals surface area contributed by atoms with Crippen molar-refractivity contribution in [3.05, 3.63) is 89.1 Å². The zero-order chi connectivity index (χ0) is 44.7. The molecule has 3 aromatic rings.